The number of carbonyl (C=O) groups excluding carboxylic acids is 2. The number of imidazole rings is 1. The Morgan fingerprint density at radius 3 is 2.42 bits per heavy atom. The minimum Gasteiger partial charge on any atom is -0.322 e. The van der Waals surface area contributed by atoms with Crippen LogP contribution in [-0.2, 0) is 11.0 Å². The summed E-state index contributed by atoms with van der Waals surface area (Å²) in [5.41, 5.74) is 1.85. The molecule has 0 saturated heterocycles. The van der Waals surface area contributed by atoms with Gasteiger partial charge in [0.1, 0.15) is 5.69 Å². The lowest BCUT2D eigenvalue weighted by Gasteiger charge is -2.14. The molecule has 2 heterocycles. The molecule has 202 valence electrons. The number of hydrogen-bond donors (Lipinski definition) is 2. The number of rotatable bonds is 5. The maximum Gasteiger partial charge on any atom is 0.416 e. The van der Waals surface area contributed by atoms with E-state index in [9.17, 15) is 22.8 Å². The highest BCUT2D eigenvalue weighted by Crippen LogP contribution is 2.33. The molecular weight excluding hydrogens is 521 g/mol. The van der Waals surface area contributed by atoms with Gasteiger partial charge in [-0.05, 0) is 68.5 Å². The summed E-state index contributed by atoms with van der Waals surface area (Å²) in [7, 11) is 0. The van der Waals surface area contributed by atoms with E-state index in [1.165, 1.54) is 29.4 Å². The van der Waals surface area contributed by atoms with E-state index in [1.807, 2.05) is 6.92 Å². The summed E-state index contributed by atoms with van der Waals surface area (Å²) in [6.45, 7) is 3.54. The average molecular weight is 545 g/mol. The Balaban J connectivity index is 1.35. The third-order valence-corrected chi connectivity index (χ3v) is 6.19. The second kappa shape index (κ2) is 10.6. The number of nitrogens with one attached hydrogen (secondary N) is 2. The molecule has 0 radical (unpaired) electrons. The van der Waals surface area contributed by atoms with Gasteiger partial charge in [-0.15, -0.1) is 0 Å². The van der Waals surface area contributed by atoms with E-state index in [4.69, 9.17) is 0 Å². The number of anilines is 2. The zero-order valence-corrected chi connectivity index (χ0v) is 21.5. The Labute approximate surface area is 227 Å². The van der Waals surface area contributed by atoms with Gasteiger partial charge in [-0.1, -0.05) is 12.0 Å². The van der Waals surface area contributed by atoms with Gasteiger partial charge in [0.15, 0.2) is 5.82 Å². The summed E-state index contributed by atoms with van der Waals surface area (Å²) in [6.07, 6.45) is 3.01. The second-order valence-corrected chi connectivity index (χ2v) is 9.47. The molecule has 0 unspecified atom stereocenters. The van der Waals surface area contributed by atoms with Gasteiger partial charge in [-0.2, -0.15) is 13.2 Å². The van der Waals surface area contributed by atoms with Crippen molar-refractivity contribution in [2.45, 2.75) is 32.9 Å². The molecule has 40 heavy (non-hydrogen) atoms. The minimum absolute atomic E-state index is 0.0153. The molecule has 1 aliphatic carbocycles. The number of alkyl halides is 3. The predicted molar refractivity (Wildman–Crippen MR) is 142 cm³/mol. The zero-order chi connectivity index (χ0) is 28.4. The molecule has 2 amide bonds. The fourth-order valence-corrected chi connectivity index (χ4v) is 3.82. The number of hydrogen-bond acceptors (Lipinski definition) is 5. The molecule has 1 saturated carbocycles. The van der Waals surface area contributed by atoms with Crippen molar-refractivity contribution < 1.29 is 22.8 Å². The summed E-state index contributed by atoms with van der Waals surface area (Å²) in [5.74, 6) is 5.57. The van der Waals surface area contributed by atoms with Gasteiger partial charge < -0.3 is 15.2 Å². The SMILES string of the molecule is Cc1cn(-c2cc(NC(=O)c3ccc(C)c(C#Cc4cnc(NC(=O)C5CC5)cn4)c3)cc(C(F)(F)F)c2)cn1. The fraction of sp³-hybridized carbons (Fsp3) is 0.207. The molecule has 8 nitrogen and oxygen atoms in total. The monoisotopic (exact) mass is 544 g/mol. The average Bonchev–Trinajstić information content (AvgIpc) is 3.68. The summed E-state index contributed by atoms with van der Waals surface area (Å²) in [6, 6.07) is 8.15. The van der Waals surface area contributed by atoms with Crippen LogP contribution in [0, 0.1) is 31.6 Å². The molecule has 0 spiro atoms. The van der Waals surface area contributed by atoms with Gasteiger partial charge in [0.05, 0.1) is 30.0 Å². The van der Waals surface area contributed by atoms with Crippen LogP contribution in [0.2, 0.25) is 0 Å². The molecule has 0 bridgehead atoms. The molecule has 2 N–H and O–H groups in total. The van der Waals surface area contributed by atoms with E-state index >= 15 is 0 Å². The first-order chi connectivity index (χ1) is 19.0. The van der Waals surface area contributed by atoms with Crippen LogP contribution < -0.4 is 10.6 Å². The van der Waals surface area contributed by atoms with Gasteiger partial charge in [-0.25, -0.2) is 15.0 Å². The van der Waals surface area contributed by atoms with E-state index in [0.29, 0.717) is 22.8 Å². The summed E-state index contributed by atoms with van der Waals surface area (Å²) in [4.78, 5) is 37.3. The molecule has 2 aromatic carbocycles. The van der Waals surface area contributed by atoms with Crippen molar-refractivity contribution in [1.82, 2.24) is 19.5 Å². The van der Waals surface area contributed by atoms with E-state index in [0.717, 1.165) is 30.5 Å². The van der Waals surface area contributed by atoms with Crippen LogP contribution in [0.1, 0.15) is 51.3 Å². The highest BCUT2D eigenvalue weighted by Gasteiger charge is 2.32. The Bertz CT molecular complexity index is 1660. The van der Waals surface area contributed by atoms with E-state index in [2.05, 4.69) is 37.4 Å². The lowest BCUT2D eigenvalue weighted by atomic mass is 10.0. The first-order valence-electron chi connectivity index (χ1n) is 12.4. The molecule has 1 fully saturated rings. The maximum absolute atomic E-state index is 13.6. The summed E-state index contributed by atoms with van der Waals surface area (Å²) >= 11 is 0. The van der Waals surface area contributed by atoms with Crippen LogP contribution in [0.4, 0.5) is 24.7 Å². The lowest BCUT2D eigenvalue weighted by molar-refractivity contribution is -0.137. The smallest absolute Gasteiger partial charge is 0.322 e. The largest absolute Gasteiger partial charge is 0.416 e. The van der Waals surface area contributed by atoms with Gasteiger partial charge in [-0.3, -0.25) is 9.59 Å². The highest BCUT2D eigenvalue weighted by molar-refractivity contribution is 6.04. The van der Waals surface area contributed by atoms with Crippen LogP contribution in [0.15, 0.2) is 61.3 Å². The molecule has 4 aromatic rings. The van der Waals surface area contributed by atoms with Crippen LogP contribution in [-0.4, -0.2) is 31.3 Å². The Morgan fingerprint density at radius 1 is 0.975 bits per heavy atom. The van der Waals surface area contributed by atoms with Crippen molar-refractivity contribution in [3.05, 3.63) is 95.0 Å². The normalized spacial score (nSPS) is 12.8. The fourth-order valence-electron chi connectivity index (χ4n) is 3.82. The van der Waals surface area contributed by atoms with Gasteiger partial charge in [0.25, 0.3) is 5.91 Å². The predicted octanol–water partition coefficient (Wildman–Crippen LogP) is 5.30. The molecule has 5 rings (SSSR count). The number of aryl methyl sites for hydroxylation is 2. The third kappa shape index (κ3) is 6.35. The molecule has 11 heteroatoms. The summed E-state index contributed by atoms with van der Waals surface area (Å²) in [5, 5.41) is 5.27. The number of benzene rings is 2. The van der Waals surface area contributed by atoms with Crippen LogP contribution in [0.3, 0.4) is 0 Å². The quantitative estimate of drug-likeness (QED) is 0.332. The number of halogens is 3. The standard InChI is InChI=1S/C29H23F3N6O2/c1-17-3-4-21(9-20(17)7-8-23-13-34-26(14-33-23)37-27(39)19-5-6-19)28(40)36-24-10-22(29(30,31)32)11-25(12-24)38-15-18(2)35-16-38/h3-4,9-16,19H,5-6H2,1-2H3,(H,36,40)(H,34,37,39). The minimum atomic E-state index is -4.61. The molecule has 0 aliphatic heterocycles. The first-order valence-corrected chi connectivity index (χ1v) is 12.4. The number of aromatic nitrogens is 4. The van der Waals surface area contributed by atoms with Crippen molar-refractivity contribution >= 4 is 23.3 Å². The van der Waals surface area contributed by atoms with Gasteiger partial charge in [0.2, 0.25) is 5.91 Å². The Kier molecular flexibility index (Phi) is 7.09. The second-order valence-electron chi connectivity index (χ2n) is 9.47. The van der Waals surface area contributed by atoms with Crippen molar-refractivity contribution in [3.63, 3.8) is 0 Å². The molecule has 1 aliphatic rings. The van der Waals surface area contributed by atoms with Gasteiger partial charge >= 0.3 is 6.18 Å². The van der Waals surface area contributed by atoms with Crippen molar-refractivity contribution in [2.24, 2.45) is 5.92 Å². The lowest BCUT2D eigenvalue weighted by Crippen LogP contribution is -2.14. The van der Waals surface area contributed by atoms with E-state index < -0.39 is 17.6 Å². The van der Waals surface area contributed by atoms with Crippen molar-refractivity contribution in [1.29, 1.82) is 0 Å². The Morgan fingerprint density at radius 2 is 1.77 bits per heavy atom. The number of carbonyl (C=O) groups is 2. The zero-order valence-electron chi connectivity index (χ0n) is 21.5. The van der Waals surface area contributed by atoms with Crippen molar-refractivity contribution in [3.8, 4) is 17.5 Å². The van der Waals surface area contributed by atoms with Crippen LogP contribution in [0.5, 0.6) is 0 Å². The van der Waals surface area contributed by atoms with E-state index in [1.54, 1.807) is 31.3 Å². The van der Waals surface area contributed by atoms with E-state index in [-0.39, 0.29) is 28.8 Å². The molecule has 2 aromatic heterocycles. The first kappa shape index (κ1) is 26.6. The van der Waals surface area contributed by atoms with Crippen LogP contribution in [0.25, 0.3) is 5.69 Å². The molecular formula is C29H23F3N6O2. The summed E-state index contributed by atoms with van der Waals surface area (Å²) < 4.78 is 42.2. The maximum atomic E-state index is 13.6. The van der Waals surface area contributed by atoms with Crippen LogP contribution >= 0.6 is 0 Å². The number of amides is 2. The van der Waals surface area contributed by atoms with Crippen molar-refractivity contribution in [2.75, 3.05) is 10.6 Å². The Hall–Kier alpha value is -4.98. The number of nitrogens with zero attached hydrogens (tertiary/aromatic N) is 4. The van der Waals surface area contributed by atoms with Gasteiger partial charge in [0, 0.05) is 34.6 Å². The topological polar surface area (TPSA) is 102 Å². The third-order valence-electron chi connectivity index (χ3n) is 6.19. The molecule has 0 atom stereocenters. The highest BCUT2D eigenvalue weighted by atomic mass is 19.4.